The average molecular weight is 374 g/mol. The summed E-state index contributed by atoms with van der Waals surface area (Å²) < 4.78 is 5.70. The maximum Gasteiger partial charge on any atom is 0.347 e. The number of carboxylic acid groups (broad SMARTS) is 1. The lowest BCUT2D eigenvalue weighted by atomic mass is 9.90. The molecule has 0 unspecified atom stereocenters. The average Bonchev–Trinajstić information content (AvgIpc) is 2.67. The molecule has 3 aliphatic heterocycles. The van der Waals surface area contributed by atoms with Crippen molar-refractivity contribution in [2.24, 2.45) is 0 Å². The van der Waals surface area contributed by atoms with E-state index in [9.17, 15) is 9.90 Å². The molecule has 142 valence electrons. The first kappa shape index (κ1) is 18.1. The van der Waals surface area contributed by atoms with Gasteiger partial charge in [0.2, 0.25) is 0 Å². The summed E-state index contributed by atoms with van der Waals surface area (Å²) in [5, 5.41) is 18.3. The molecule has 0 spiro atoms. The van der Waals surface area contributed by atoms with Gasteiger partial charge in [0.1, 0.15) is 23.2 Å². The molecule has 5 nitrogen and oxygen atoms in total. The molecule has 0 atom stereocenters. The number of allylic oxidation sites excluding steroid dienone is 5. The van der Waals surface area contributed by atoms with Crippen LogP contribution in [0.2, 0.25) is 0 Å². The normalized spacial score (nSPS) is 19.9. The second kappa shape index (κ2) is 7.40. The number of benzene rings is 1. The minimum Gasteiger partial charge on any atom is -0.477 e. The Hall–Kier alpha value is -3.26. The number of ether oxygens (including phenoxy) is 1. The van der Waals surface area contributed by atoms with E-state index in [-0.39, 0.29) is 5.57 Å². The maximum atomic E-state index is 11.3. The third kappa shape index (κ3) is 3.46. The first-order valence-corrected chi connectivity index (χ1v) is 9.59. The van der Waals surface area contributed by atoms with Crippen LogP contribution < -0.4 is 4.90 Å². The predicted molar refractivity (Wildman–Crippen MR) is 108 cm³/mol. The molecular formula is C23H22N2O3. The van der Waals surface area contributed by atoms with E-state index in [1.807, 2.05) is 12.2 Å². The maximum absolute atomic E-state index is 11.3. The van der Waals surface area contributed by atoms with E-state index in [0.29, 0.717) is 17.1 Å². The molecule has 1 aromatic carbocycles. The van der Waals surface area contributed by atoms with E-state index in [0.717, 1.165) is 31.5 Å². The first-order valence-electron chi connectivity index (χ1n) is 9.59. The lowest BCUT2D eigenvalue weighted by Crippen LogP contribution is -2.34. The van der Waals surface area contributed by atoms with Crippen LogP contribution in [0, 0.1) is 11.3 Å². The van der Waals surface area contributed by atoms with Crippen LogP contribution in [0.1, 0.15) is 36.5 Å². The van der Waals surface area contributed by atoms with Gasteiger partial charge in [0.15, 0.2) is 0 Å². The highest BCUT2D eigenvalue weighted by Crippen LogP contribution is 2.36. The molecule has 0 saturated heterocycles. The number of rotatable bonds is 3. The Morgan fingerprint density at radius 2 is 1.86 bits per heavy atom. The fraction of sp³-hybridized carbons (Fsp3) is 0.304. The van der Waals surface area contributed by atoms with Crippen molar-refractivity contribution < 1.29 is 14.6 Å². The Kier molecular flexibility index (Phi) is 4.79. The van der Waals surface area contributed by atoms with Crippen molar-refractivity contribution in [2.45, 2.75) is 32.6 Å². The zero-order chi connectivity index (χ0) is 19.7. The Morgan fingerprint density at radius 1 is 1.18 bits per heavy atom. The molecule has 0 aliphatic carbocycles. The van der Waals surface area contributed by atoms with Gasteiger partial charge in [-0.15, -0.1) is 0 Å². The molecular weight excluding hydrogens is 352 g/mol. The van der Waals surface area contributed by atoms with Gasteiger partial charge in [-0.05, 0) is 79.7 Å². The number of carbonyl (C=O) groups is 1. The lowest BCUT2D eigenvalue weighted by Gasteiger charge is -2.37. The van der Waals surface area contributed by atoms with Crippen LogP contribution in [0.4, 0.5) is 5.69 Å². The van der Waals surface area contributed by atoms with Crippen LogP contribution in [0.3, 0.4) is 0 Å². The summed E-state index contributed by atoms with van der Waals surface area (Å²) in [6, 6.07) is 6.24. The number of aliphatic carboxylic acids is 1. The highest BCUT2D eigenvalue weighted by Gasteiger charge is 2.23. The number of carboxylic acids is 1. The molecule has 0 fully saturated rings. The van der Waals surface area contributed by atoms with E-state index in [1.165, 1.54) is 29.7 Å². The van der Waals surface area contributed by atoms with Crippen molar-refractivity contribution in [1.82, 2.24) is 0 Å². The van der Waals surface area contributed by atoms with Gasteiger partial charge in [0.05, 0.1) is 0 Å². The largest absolute Gasteiger partial charge is 0.477 e. The molecule has 0 bridgehead atoms. The minimum atomic E-state index is -1.23. The number of nitrogens with zero attached hydrogens (tertiary/aromatic N) is 2. The van der Waals surface area contributed by atoms with Crippen molar-refractivity contribution in [3.63, 3.8) is 0 Å². The molecule has 1 aromatic rings. The summed E-state index contributed by atoms with van der Waals surface area (Å²) in [6.45, 7) is 4.05. The first-order chi connectivity index (χ1) is 13.5. The van der Waals surface area contributed by atoms with E-state index < -0.39 is 5.97 Å². The van der Waals surface area contributed by atoms with Gasteiger partial charge < -0.3 is 14.7 Å². The number of anilines is 1. The molecule has 3 heterocycles. The van der Waals surface area contributed by atoms with Crippen LogP contribution in [-0.2, 0) is 22.4 Å². The summed E-state index contributed by atoms with van der Waals surface area (Å²) >= 11 is 0. The van der Waals surface area contributed by atoms with Gasteiger partial charge in [-0.1, -0.05) is 6.08 Å². The summed E-state index contributed by atoms with van der Waals surface area (Å²) in [4.78, 5) is 13.8. The Labute approximate surface area is 164 Å². The van der Waals surface area contributed by atoms with Gasteiger partial charge in [0, 0.05) is 24.4 Å². The molecule has 0 aromatic heterocycles. The van der Waals surface area contributed by atoms with E-state index in [4.69, 9.17) is 10.00 Å². The number of hydrogen-bond acceptors (Lipinski definition) is 4. The SMILES string of the molecule is CC1=C/C(=C(/C#N)C(=O)O)C=C(/C=C/c2cc3c4c(c2)CCCN4CCC3)O1. The van der Waals surface area contributed by atoms with E-state index in [2.05, 4.69) is 17.0 Å². The van der Waals surface area contributed by atoms with Gasteiger partial charge in [-0.25, -0.2) is 4.79 Å². The number of nitriles is 1. The molecule has 0 saturated carbocycles. The van der Waals surface area contributed by atoms with E-state index in [1.54, 1.807) is 25.1 Å². The predicted octanol–water partition coefficient (Wildman–Crippen LogP) is 4.12. The molecule has 0 radical (unpaired) electrons. The molecule has 3 aliphatic rings. The Bertz CT molecular complexity index is 974. The van der Waals surface area contributed by atoms with Crippen molar-refractivity contribution in [2.75, 3.05) is 18.0 Å². The highest BCUT2D eigenvalue weighted by molar-refractivity contribution is 5.93. The third-order valence-electron chi connectivity index (χ3n) is 5.34. The zero-order valence-electron chi connectivity index (χ0n) is 15.9. The minimum absolute atomic E-state index is 0.285. The van der Waals surface area contributed by atoms with Crippen molar-refractivity contribution in [1.29, 1.82) is 5.26 Å². The monoisotopic (exact) mass is 374 g/mol. The third-order valence-corrected chi connectivity index (χ3v) is 5.34. The summed E-state index contributed by atoms with van der Waals surface area (Å²) in [6.07, 6.45) is 11.6. The Balaban J connectivity index is 1.66. The number of aryl methyl sites for hydroxylation is 2. The quantitative estimate of drug-likeness (QED) is 0.636. The van der Waals surface area contributed by atoms with Gasteiger partial charge in [0.25, 0.3) is 0 Å². The standard InChI is InChI=1S/C23H22N2O3/c1-15-10-19(21(14-24)23(26)27)13-20(28-15)7-6-16-11-17-4-2-8-25-9-3-5-18(12-16)22(17)25/h6-7,10-13H,2-5,8-9H2,1H3,(H,26,27)/b7-6+,21-19+. The van der Waals surface area contributed by atoms with Crippen LogP contribution >= 0.6 is 0 Å². The van der Waals surface area contributed by atoms with Gasteiger partial charge in [-0.2, -0.15) is 5.26 Å². The molecule has 1 N–H and O–H groups in total. The van der Waals surface area contributed by atoms with Crippen molar-refractivity contribution in [3.8, 4) is 6.07 Å². The highest BCUT2D eigenvalue weighted by atomic mass is 16.5. The summed E-state index contributed by atoms with van der Waals surface area (Å²) in [5.41, 5.74) is 5.46. The van der Waals surface area contributed by atoms with Crippen LogP contribution in [-0.4, -0.2) is 24.2 Å². The van der Waals surface area contributed by atoms with Gasteiger partial charge >= 0.3 is 5.97 Å². The van der Waals surface area contributed by atoms with Crippen molar-refractivity contribution >= 4 is 17.7 Å². The molecule has 28 heavy (non-hydrogen) atoms. The Morgan fingerprint density at radius 3 is 2.46 bits per heavy atom. The van der Waals surface area contributed by atoms with Crippen LogP contribution in [0.15, 0.2) is 53.0 Å². The van der Waals surface area contributed by atoms with E-state index >= 15 is 0 Å². The molecule has 4 rings (SSSR count). The number of hydrogen-bond donors (Lipinski definition) is 1. The van der Waals surface area contributed by atoms with Crippen LogP contribution in [0.5, 0.6) is 0 Å². The molecule has 0 amide bonds. The fourth-order valence-corrected chi connectivity index (χ4v) is 4.23. The summed E-state index contributed by atoms with van der Waals surface area (Å²) in [5.74, 6) is -0.152. The zero-order valence-corrected chi connectivity index (χ0v) is 15.9. The molecule has 5 heteroatoms. The summed E-state index contributed by atoms with van der Waals surface area (Å²) in [7, 11) is 0. The topological polar surface area (TPSA) is 73.6 Å². The second-order valence-electron chi connectivity index (χ2n) is 7.37. The fourth-order valence-electron chi connectivity index (χ4n) is 4.23. The lowest BCUT2D eigenvalue weighted by molar-refractivity contribution is -0.132. The van der Waals surface area contributed by atoms with Gasteiger partial charge in [-0.3, -0.25) is 0 Å². The van der Waals surface area contributed by atoms with Crippen molar-refractivity contribution in [3.05, 3.63) is 69.7 Å². The van der Waals surface area contributed by atoms with Crippen LogP contribution in [0.25, 0.3) is 6.08 Å². The second-order valence-corrected chi connectivity index (χ2v) is 7.37. The smallest absolute Gasteiger partial charge is 0.347 e.